The van der Waals surface area contributed by atoms with Gasteiger partial charge in [-0.2, -0.15) is 4.98 Å². The first kappa shape index (κ1) is 33.2. The molecule has 0 aliphatic carbocycles. The number of carbonyl (C=O) groups is 2. The van der Waals surface area contributed by atoms with Crippen LogP contribution in [0, 0.1) is 0 Å². The third-order valence-electron chi connectivity index (χ3n) is 5.09. The Balaban J connectivity index is 2.22. The van der Waals surface area contributed by atoms with Gasteiger partial charge in [-0.3, -0.25) is 18.7 Å². The molecule has 0 spiro atoms. The van der Waals surface area contributed by atoms with Crippen molar-refractivity contribution < 1.29 is 37.6 Å². The minimum Gasteiger partial charge on any atom is -0.459 e. The predicted molar refractivity (Wildman–Crippen MR) is 145 cm³/mol. The Morgan fingerprint density at radius 3 is 2.08 bits per heavy atom. The molecule has 1 aliphatic rings. The zero-order valence-electron chi connectivity index (χ0n) is 23.3. The van der Waals surface area contributed by atoms with Crippen LogP contribution >= 0.6 is 19.4 Å². The summed E-state index contributed by atoms with van der Waals surface area (Å²) < 4.78 is 46.1. The maximum Gasteiger partial charge on any atom is 0.350 e. The first-order valence-corrected chi connectivity index (χ1v) is 14.9. The fourth-order valence-corrected chi connectivity index (χ4v) is 6.71. The van der Waals surface area contributed by atoms with E-state index in [1.807, 2.05) is 0 Å². The fourth-order valence-electron chi connectivity index (χ4n) is 3.37. The minimum atomic E-state index is -4.22. The summed E-state index contributed by atoms with van der Waals surface area (Å²) in [6, 6.07) is -0.963. The molecule has 13 nitrogen and oxygen atoms in total. The Kier molecular flexibility index (Phi) is 10.8. The molecule has 1 aliphatic heterocycles. The Bertz CT molecular complexity index is 1100. The SMILES string of the molecule is CC(NP(=O)(NC(C)C(=O)OC(C)(C)C)OC[C@H]1SC(n2ccc(N)nc2=O)[C@@H](F)[C@@H]1O)C(=O)OC(C)(C)C. The highest BCUT2D eigenvalue weighted by atomic mass is 32.2. The normalized spacial score (nSPS) is 25.0. The highest BCUT2D eigenvalue weighted by molar-refractivity contribution is 8.00. The molecule has 0 saturated carbocycles. The van der Waals surface area contributed by atoms with Gasteiger partial charge in [-0.15, -0.1) is 11.8 Å². The summed E-state index contributed by atoms with van der Waals surface area (Å²) in [4.78, 5) is 40.8. The molecule has 0 bridgehead atoms. The third-order valence-corrected chi connectivity index (χ3v) is 8.59. The molecular weight excluding hydrogens is 556 g/mol. The number of aromatic nitrogens is 2. The topological polar surface area (TPSA) is 184 Å². The Hall–Kier alpha value is -2.03. The first-order valence-electron chi connectivity index (χ1n) is 12.3. The van der Waals surface area contributed by atoms with Crippen molar-refractivity contribution >= 4 is 37.2 Å². The number of thioether (sulfide) groups is 1. The van der Waals surface area contributed by atoms with E-state index in [1.54, 1.807) is 41.5 Å². The number of anilines is 1. The van der Waals surface area contributed by atoms with Gasteiger partial charge in [0.2, 0.25) is 0 Å². The van der Waals surface area contributed by atoms with Crippen LogP contribution in [0.1, 0.15) is 60.8 Å². The van der Waals surface area contributed by atoms with E-state index in [0.717, 1.165) is 16.3 Å². The van der Waals surface area contributed by atoms with Gasteiger partial charge in [-0.05, 0) is 61.5 Å². The van der Waals surface area contributed by atoms with Crippen LogP contribution in [0.15, 0.2) is 17.1 Å². The number of aliphatic hydroxyl groups is 1. The van der Waals surface area contributed by atoms with E-state index < -0.39 is 78.1 Å². The summed E-state index contributed by atoms with van der Waals surface area (Å²) in [7, 11) is -4.22. The fraction of sp³-hybridized carbons (Fsp3) is 0.739. The van der Waals surface area contributed by atoms with Crippen LogP contribution in [0.25, 0.3) is 0 Å². The van der Waals surface area contributed by atoms with Crippen LogP contribution in [0.2, 0.25) is 0 Å². The number of carbonyl (C=O) groups excluding carboxylic acids is 2. The van der Waals surface area contributed by atoms with E-state index in [0.29, 0.717) is 0 Å². The van der Waals surface area contributed by atoms with Crippen LogP contribution in [0.4, 0.5) is 10.2 Å². The standard InChI is InChI=1S/C23H39FN5O8PS/c1-12(19(31)36-22(3,4)5)27-38(34,28-13(2)20(32)37-23(6,7)8)35-11-14-17(30)16(24)18(39-14)29-10-9-15(25)26-21(29)33/h9-10,12-14,16-18,30H,11H2,1-8H3,(H2,25,26,33)(H2,27,28,34)/t12?,13?,14-,16+,17-,18?,38?/m1/s1. The second-order valence-electron chi connectivity index (χ2n) is 11.2. The molecule has 0 aromatic carbocycles. The van der Waals surface area contributed by atoms with Crippen molar-refractivity contribution in [2.45, 2.75) is 102 Å². The molecule has 222 valence electrons. The van der Waals surface area contributed by atoms with Crippen molar-refractivity contribution in [1.29, 1.82) is 0 Å². The molecule has 0 radical (unpaired) electrons. The number of ether oxygens (including phenoxy) is 2. The number of alkyl halides is 1. The number of halogens is 1. The summed E-state index contributed by atoms with van der Waals surface area (Å²) in [5, 5.41) is 13.5. The third kappa shape index (κ3) is 9.83. The Morgan fingerprint density at radius 2 is 1.64 bits per heavy atom. The monoisotopic (exact) mass is 595 g/mol. The average molecular weight is 596 g/mol. The molecule has 3 unspecified atom stereocenters. The molecule has 1 saturated heterocycles. The molecule has 39 heavy (non-hydrogen) atoms. The van der Waals surface area contributed by atoms with Crippen LogP contribution in [-0.4, -0.2) is 74.0 Å². The minimum absolute atomic E-state index is 0.0358. The maximum atomic E-state index is 15.0. The number of aliphatic hydroxyl groups excluding tert-OH is 1. The molecule has 1 aromatic rings. The number of hydrogen-bond donors (Lipinski definition) is 4. The van der Waals surface area contributed by atoms with Gasteiger partial charge in [0.15, 0.2) is 6.17 Å². The van der Waals surface area contributed by atoms with Gasteiger partial charge in [0, 0.05) is 6.20 Å². The van der Waals surface area contributed by atoms with Crippen LogP contribution in [-0.2, 0) is 28.2 Å². The first-order chi connectivity index (χ1) is 17.7. The number of nitrogens with zero attached hydrogens (tertiary/aromatic N) is 2. The van der Waals surface area contributed by atoms with Crippen molar-refractivity contribution in [1.82, 2.24) is 19.7 Å². The lowest BCUT2D eigenvalue weighted by atomic mass is 10.1. The number of rotatable bonds is 10. The van der Waals surface area contributed by atoms with Crippen LogP contribution in [0.3, 0.4) is 0 Å². The summed E-state index contributed by atoms with van der Waals surface area (Å²) in [6.45, 7) is 12.3. The highest BCUT2D eigenvalue weighted by Crippen LogP contribution is 2.46. The van der Waals surface area contributed by atoms with Gasteiger partial charge in [-0.1, -0.05) is 0 Å². The van der Waals surface area contributed by atoms with E-state index in [9.17, 15) is 28.4 Å². The summed E-state index contributed by atoms with van der Waals surface area (Å²) in [6.07, 6.45) is -2.21. The van der Waals surface area contributed by atoms with E-state index >= 15 is 0 Å². The molecule has 1 aromatic heterocycles. The number of nitrogens with one attached hydrogen (secondary N) is 2. The van der Waals surface area contributed by atoms with Gasteiger partial charge in [0.05, 0.1) is 11.9 Å². The summed E-state index contributed by atoms with van der Waals surface area (Å²) in [5.41, 5.74) is 3.06. The van der Waals surface area contributed by atoms with Crippen molar-refractivity contribution in [3.8, 4) is 0 Å². The quantitative estimate of drug-likeness (QED) is 0.227. The van der Waals surface area contributed by atoms with Gasteiger partial charge in [-0.25, -0.2) is 19.4 Å². The Morgan fingerprint density at radius 1 is 1.15 bits per heavy atom. The molecular formula is C23H39FN5O8PS. The average Bonchev–Trinajstić information content (AvgIpc) is 3.04. The highest BCUT2D eigenvalue weighted by Gasteiger charge is 2.46. The van der Waals surface area contributed by atoms with E-state index in [2.05, 4.69) is 15.2 Å². The lowest BCUT2D eigenvalue weighted by Gasteiger charge is -2.29. The number of esters is 2. The second kappa shape index (κ2) is 12.6. The zero-order chi connectivity index (χ0) is 29.9. The van der Waals surface area contributed by atoms with Crippen molar-refractivity contribution in [3.63, 3.8) is 0 Å². The van der Waals surface area contributed by atoms with E-state index in [4.69, 9.17) is 19.7 Å². The Labute approximate surface area is 231 Å². The maximum absolute atomic E-state index is 15.0. The zero-order valence-corrected chi connectivity index (χ0v) is 25.0. The van der Waals surface area contributed by atoms with Crippen molar-refractivity contribution in [3.05, 3.63) is 22.7 Å². The lowest BCUT2D eigenvalue weighted by Crippen LogP contribution is -2.45. The largest absolute Gasteiger partial charge is 0.459 e. The molecule has 6 atom stereocenters. The number of nitrogen functional groups attached to an aromatic ring is 1. The number of hydrogen-bond acceptors (Lipinski definition) is 11. The van der Waals surface area contributed by atoms with Gasteiger partial charge in [0.25, 0.3) is 0 Å². The molecule has 16 heteroatoms. The smallest absolute Gasteiger partial charge is 0.350 e. The van der Waals surface area contributed by atoms with E-state index in [-0.39, 0.29) is 5.82 Å². The van der Waals surface area contributed by atoms with Crippen molar-refractivity contribution in [2.24, 2.45) is 0 Å². The second-order valence-corrected chi connectivity index (χ2v) is 14.4. The van der Waals surface area contributed by atoms with Gasteiger partial charge in [0.1, 0.15) is 40.6 Å². The van der Waals surface area contributed by atoms with Gasteiger partial charge >= 0.3 is 25.3 Å². The summed E-state index contributed by atoms with van der Waals surface area (Å²) >= 11 is 0.879. The van der Waals surface area contributed by atoms with Gasteiger partial charge < -0.3 is 24.8 Å². The van der Waals surface area contributed by atoms with Crippen LogP contribution in [0.5, 0.6) is 0 Å². The van der Waals surface area contributed by atoms with Crippen LogP contribution < -0.4 is 21.6 Å². The van der Waals surface area contributed by atoms with Crippen molar-refractivity contribution in [2.75, 3.05) is 12.3 Å². The lowest BCUT2D eigenvalue weighted by molar-refractivity contribution is -0.157. The molecule has 1 fully saturated rings. The molecule has 5 N–H and O–H groups in total. The molecule has 2 rings (SSSR count). The molecule has 2 heterocycles. The number of nitrogens with two attached hydrogens (primary N) is 1. The van der Waals surface area contributed by atoms with E-state index in [1.165, 1.54) is 26.1 Å². The summed E-state index contributed by atoms with van der Waals surface area (Å²) in [5.74, 6) is -1.49. The molecule has 0 amide bonds. The predicted octanol–water partition coefficient (Wildman–Crippen LogP) is 1.90.